The van der Waals surface area contributed by atoms with E-state index in [1.54, 1.807) is 12.1 Å². The number of carboxylic acid groups (broad SMARTS) is 1. The lowest BCUT2D eigenvalue weighted by Gasteiger charge is -2.29. The smallest absolute Gasteiger partial charge is 0.303 e. The first-order valence-electron chi connectivity index (χ1n) is 8.67. The Morgan fingerprint density at radius 1 is 1.27 bits per heavy atom. The van der Waals surface area contributed by atoms with Gasteiger partial charge in [-0.3, -0.25) is 4.79 Å². The molecule has 26 heavy (non-hydrogen) atoms. The normalized spacial score (nSPS) is 13.2. The maximum atomic E-state index is 14.5. The quantitative estimate of drug-likeness (QED) is 0.374. The fourth-order valence-electron chi connectivity index (χ4n) is 3.36. The number of halogens is 2. The lowest BCUT2D eigenvalue weighted by Crippen LogP contribution is -2.25. The molecule has 0 heterocycles. The van der Waals surface area contributed by atoms with Crippen LogP contribution in [0, 0.1) is 14.8 Å². The Kier molecular flexibility index (Phi) is 7.38. The molecule has 0 aliphatic heterocycles. The van der Waals surface area contributed by atoms with Crippen molar-refractivity contribution in [2.24, 2.45) is 5.41 Å². The molecule has 1 N–H and O–H groups in total. The molecule has 138 valence electrons. The maximum Gasteiger partial charge on any atom is 0.303 e. The molecule has 0 bridgehead atoms. The highest BCUT2D eigenvalue weighted by Gasteiger charge is 2.28. The third-order valence-corrected chi connectivity index (χ3v) is 5.52. The van der Waals surface area contributed by atoms with Gasteiger partial charge in [0.2, 0.25) is 0 Å². The molecule has 0 aliphatic rings. The average Bonchev–Trinajstić information content (AvgIpc) is 2.58. The second kappa shape index (κ2) is 9.31. The van der Waals surface area contributed by atoms with Gasteiger partial charge in [-0.1, -0.05) is 49.4 Å². The van der Waals surface area contributed by atoms with E-state index in [-0.39, 0.29) is 12.2 Å². The SMILES string of the molecule is C=CCc1c(CCC(C)(CC(=O)O)Cc2ccccc2)ccc(I)c1F. The summed E-state index contributed by atoms with van der Waals surface area (Å²) >= 11 is 1.99. The molecule has 0 aromatic heterocycles. The van der Waals surface area contributed by atoms with Crippen LogP contribution in [0.3, 0.4) is 0 Å². The van der Waals surface area contributed by atoms with Crippen molar-refractivity contribution in [1.29, 1.82) is 0 Å². The van der Waals surface area contributed by atoms with E-state index in [1.807, 2.05) is 65.9 Å². The van der Waals surface area contributed by atoms with E-state index < -0.39 is 11.4 Å². The van der Waals surface area contributed by atoms with Gasteiger partial charge in [0, 0.05) is 3.57 Å². The Balaban J connectivity index is 2.23. The fourth-order valence-corrected chi connectivity index (χ4v) is 3.87. The lowest BCUT2D eigenvalue weighted by atomic mass is 9.76. The van der Waals surface area contributed by atoms with Gasteiger partial charge in [0.05, 0.1) is 6.42 Å². The lowest BCUT2D eigenvalue weighted by molar-refractivity contribution is -0.139. The first-order valence-corrected chi connectivity index (χ1v) is 9.75. The van der Waals surface area contributed by atoms with Crippen LogP contribution < -0.4 is 0 Å². The number of rotatable bonds is 9. The van der Waals surface area contributed by atoms with Gasteiger partial charge in [-0.15, -0.1) is 6.58 Å². The third kappa shape index (κ3) is 5.66. The summed E-state index contributed by atoms with van der Waals surface area (Å²) in [5, 5.41) is 9.37. The Morgan fingerprint density at radius 3 is 2.58 bits per heavy atom. The van der Waals surface area contributed by atoms with Crippen molar-refractivity contribution in [2.75, 3.05) is 0 Å². The van der Waals surface area contributed by atoms with Gasteiger partial charge in [-0.25, -0.2) is 4.39 Å². The number of aliphatic carboxylic acids is 1. The van der Waals surface area contributed by atoms with Crippen LogP contribution in [0.1, 0.15) is 36.5 Å². The van der Waals surface area contributed by atoms with Crippen molar-refractivity contribution in [3.63, 3.8) is 0 Å². The van der Waals surface area contributed by atoms with Crippen LogP contribution in [0.15, 0.2) is 55.1 Å². The second-order valence-electron chi connectivity index (χ2n) is 7.04. The molecule has 0 aliphatic carbocycles. The molecule has 0 radical (unpaired) electrons. The van der Waals surface area contributed by atoms with Crippen LogP contribution in [0.4, 0.5) is 4.39 Å². The summed E-state index contributed by atoms with van der Waals surface area (Å²) in [6.45, 7) is 5.73. The average molecular weight is 466 g/mol. The zero-order valence-corrected chi connectivity index (χ0v) is 17.1. The number of hydrogen-bond donors (Lipinski definition) is 1. The largest absolute Gasteiger partial charge is 0.481 e. The summed E-state index contributed by atoms with van der Waals surface area (Å²) in [4.78, 5) is 11.4. The van der Waals surface area contributed by atoms with Crippen LogP contribution in [0.5, 0.6) is 0 Å². The van der Waals surface area contributed by atoms with Gasteiger partial charge in [0.15, 0.2) is 0 Å². The van der Waals surface area contributed by atoms with E-state index in [4.69, 9.17) is 0 Å². The van der Waals surface area contributed by atoms with Crippen molar-refractivity contribution >= 4 is 28.6 Å². The summed E-state index contributed by atoms with van der Waals surface area (Å²) in [5.41, 5.74) is 2.34. The first-order chi connectivity index (χ1) is 12.3. The molecule has 0 saturated carbocycles. The van der Waals surface area contributed by atoms with Gasteiger partial charge in [-0.05, 0) is 76.4 Å². The first kappa shape index (κ1) is 20.6. The Morgan fingerprint density at radius 2 is 1.96 bits per heavy atom. The van der Waals surface area contributed by atoms with Crippen LogP contribution in [-0.2, 0) is 24.1 Å². The van der Waals surface area contributed by atoms with Crippen LogP contribution in [-0.4, -0.2) is 11.1 Å². The summed E-state index contributed by atoms with van der Waals surface area (Å²) in [7, 11) is 0. The Bertz CT molecular complexity index is 773. The van der Waals surface area contributed by atoms with E-state index in [2.05, 4.69) is 6.58 Å². The molecule has 0 amide bonds. The summed E-state index contributed by atoms with van der Waals surface area (Å²) in [6.07, 6.45) is 4.28. The number of benzene rings is 2. The molecule has 2 aromatic carbocycles. The molecule has 1 unspecified atom stereocenters. The molecule has 2 nitrogen and oxygen atoms in total. The minimum absolute atomic E-state index is 0.0888. The number of hydrogen-bond acceptors (Lipinski definition) is 1. The molecule has 0 saturated heterocycles. The van der Waals surface area contributed by atoms with Gasteiger partial charge in [-0.2, -0.15) is 0 Å². The molecular formula is C22H24FIO2. The molecule has 1 atom stereocenters. The highest BCUT2D eigenvalue weighted by Crippen LogP contribution is 2.33. The van der Waals surface area contributed by atoms with Crippen LogP contribution in [0.2, 0.25) is 0 Å². The van der Waals surface area contributed by atoms with Crippen molar-refractivity contribution in [1.82, 2.24) is 0 Å². The number of carboxylic acids is 1. The number of carbonyl (C=O) groups is 1. The highest BCUT2D eigenvalue weighted by molar-refractivity contribution is 14.1. The van der Waals surface area contributed by atoms with Gasteiger partial charge >= 0.3 is 5.97 Å². The molecule has 0 fully saturated rings. The molecule has 2 rings (SSSR count). The van der Waals surface area contributed by atoms with Crippen molar-refractivity contribution in [3.8, 4) is 0 Å². The van der Waals surface area contributed by atoms with Crippen molar-refractivity contribution in [3.05, 3.63) is 81.2 Å². The highest BCUT2D eigenvalue weighted by atomic mass is 127. The van der Waals surface area contributed by atoms with Crippen LogP contribution in [0.25, 0.3) is 0 Å². The number of aryl methyl sites for hydroxylation is 1. The van der Waals surface area contributed by atoms with Crippen molar-refractivity contribution in [2.45, 2.75) is 39.0 Å². The Hall–Kier alpha value is -1.69. The van der Waals surface area contributed by atoms with Crippen LogP contribution >= 0.6 is 22.6 Å². The van der Waals surface area contributed by atoms with Crippen molar-refractivity contribution < 1.29 is 14.3 Å². The summed E-state index contributed by atoms with van der Waals surface area (Å²) in [6, 6.07) is 13.7. The summed E-state index contributed by atoms with van der Waals surface area (Å²) in [5.74, 6) is -0.991. The maximum absolute atomic E-state index is 14.5. The van der Waals surface area contributed by atoms with Gasteiger partial charge in [0.25, 0.3) is 0 Å². The van der Waals surface area contributed by atoms with Gasteiger partial charge < -0.3 is 5.11 Å². The molecule has 0 spiro atoms. The van der Waals surface area contributed by atoms with Gasteiger partial charge in [0.1, 0.15) is 5.82 Å². The second-order valence-corrected chi connectivity index (χ2v) is 8.20. The Labute approximate surface area is 168 Å². The van der Waals surface area contributed by atoms with E-state index in [0.717, 1.165) is 11.1 Å². The minimum Gasteiger partial charge on any atom is -0.481 e. The van der Waals surface area contributed by atoms with E-state index in [1.165, 1.54) is 0 Å². The molecular weight excluding hydrogens is 442 g/mol. The standard InChI is InChI=1S/C22H24FIO2/c1-3-7-18-17(10-11-19(24)21(18)23)12-13-22(2,15-20(25)26)14-16-8-5-4-6-9-16/h3-6,8-11H,1,7,12-15H2,2H3,(H,25,26). The molecule has 4 heteroatoms. The summed E-state index contributed by atoms with van der Waals surface area (Å²) < 4.78 is 15.1. The topological polar surface area (TPSA) is 37.3 Å². The zero-order valence-electron chi connectivity index (χ0n) is 15.0. The zero-order chi connectivity index (χ0) is 19.2. The fraction of sp³-hybridized carbons (Fsp3) is 0.318. The predicted octanol–water partition coefficient (Wildman–Crippen LogP) is 5.82. The third-order valence-electron chi connectivity index (χ3n) is 4.69. The predicted molar refractivity (Wildman–Crippen MR) is 112 cm³/mol. The van der Waals surface area contributed by atoms with E-state index >= 15 is 0 Å². The molecule has 2 aromatic rings. The minimum atomic E-state index is -0.802. The number of allylic oxidation sites excluding steroid dienone is 1. The van der Waals surface area contributed by atoms with E-state index in [9.17, 15) is 14.3 Å². The van der Waals surface area contributed by atoms with E-state index in [0.29, 0.717) is 34.8 Å². The monoisotopic (exact) mass is 466 g/mol.